The molecule has 3 aromatic rings. The second-order valence-electron chi connectivity index (χ2n) is 8.56. The molecule has 176 valence electrons. The van der Waals surface area contributed by atoms with Gasteiger partial charge in [-0.15, -0.1) is 0 Å². The van der Waals surface area contributed by atoms with E-state index in [0.29, 0.717) is 12.0 Å². The van der Waals surface area contributed by atoms with E-state index in [2.05, 4.69) is 29.6 Å². The van der Waals surface area contributed by atoms with Gasteiger partial charge in [-0.2, -0.15) is 0 Å². The van der Waals surface area contributed by atoms with Crippen LogP contribution in [0.25, 0.3) is 10.8 Å². The summed E-state index contributed by atoms with van der Waals surface area (Å²) in [5, 5.41) is 16.1. The summed E-state index contributed by atoms with van der Waals surface area (Å²) in [7, 11) is 0. The molecule has 3 aromatic carbocycles. The highest BCUT2D eigenvalue weighted by Crippen LogP contribution is 2.32. The second-order valence-corrected chi connectivity index (χ2v) is 8.56. The van der Waals surface area contributed by atoms with E-state index in [9.17, 15) is 10.1 Å². The Kier molecular flexibility index (Phi) is 10.5. The summed E-state index contributed by atoms with van der Waals surface area (Å²) in [6.45, 7) is 1.71. The van der Waals surface area contributed by atoms with E-state index in [0.717, 1.165) is 30.5 Å². The highest BCUT2D eigenvalue weighted by atomic mass is 16.6. The highest BCUT2D eigenvalue weighted by molar-refractivity contribution is 5.95. The fraction of sp³-hybridized carbons (Fsp3) is 0.429. The van der Waals surface area contributed by atoms with E-state index in [-0.39, 0.29) is 10.6 Å². The first-order chi connectivity index (χ1) is 16.3. The predicted molar refractivity (Wildman–Crippen MR) is 137 cm³/mol. The molecule has 0 amide bonds. The van der Waals surface area contributed by atoms with Crippen molar-refractivity contribution < 1.29 is 9.66 Å². The maximum Gasteiger partial charge on any atom is 0.277 e. The molecule has 33 heavy (non-hydrogen) atoms. The van der Waals surface area contributed by atoms with E-state index in [1.807, 2.05) is 24.3 Å². The second kappa shape index (κ2) is 14.1. The Morgan fingerprint density at radius 2 is 1.24 bits per heavy atom. The first kappa shape index (κ1) is 24.6. The fourth-order valence-electron chi connectivity index (χ4n) is 4.15. The molecule has 0 aliphatic heterocycles. The number of nitro groups is 1. The quantitative estimate of drug-likeness (QED) is 0.136. The van der Waals surface area contributed by atoms with Gasteiger partial charge in [0.1, 0.15) is 5.75 Å². The molecule has 0 aromatic heterocycles. The van der Waals surface area contributed by atoms with Gasteiger partial charge in [-0.3, -0.25) is 10.1 Å². The lowest BCUT2D eigenvalue weighted by Crippen LogP contribution is -2.00. The van der Waals surface area contributed by atoms with Crippen LogP contribution in [0.1, 0.15) is 64.2 Å². The van der Waals surface area contributed by atoms with E-state index < -0.39 is 0 Å². The van der Waals surface area contributed by atoms with Crippen molar-refractivity contribution in [2.45, 2.75) is 64.2 Å². The fourth-order valence-corrected chi connectivity index (χ4v) is 4.15. The topological polar surface area (TPSA) is 64.4 Å². The lowest BCUT2D eigenvalue weighted by atomic mass is 10.1. The number of hydrogen-bond donors (Lipinski definition) is 1. The van der Waals surface area contributed by atoms with Crippen LogP contribution in [0.3, 0.4) is 0 Å². The number of benzene rings is 3. The number of rotatable bonds is 16. The molecule has 0 fully saturated rings. The summed E-state index contributed by atoms with van der Waals surface area (Å²) in [4.78, 5) is 10.9. The van der Waals surface area contributed by atoms with Crippen LogP contribution in [0, 0.1) is 10.1 Å². The Labute approximate surface area is 197 Å². The van der Waals surface area contributed by atoms with Crippen molar-refractivity contribution in [1.82, 2.24) is 0 Å². The van der Waals surface area contributed by atoms with E-state index >= 15 is 0 Å². The Hall–Kier alpha value is -3.08. The predicted octanol–water partition coefficient (Wildman–Crippen LogP) is 8.14. The van der Waals surface area contributed by atoms with Crippen LogP contribution in [0.2, 0.25) is 0 Å². The van der Waals surface area contributed by atoms with Crippen LogP contribution >= 0.6 is 0 Å². The van der Waals surface area contributed by atoms with Gasteiger partial charge in [-0.25, -0.2) is 0 Å². The summed E-state index contributed by atoms with van der Waals surface area (Å²) >= 11 is 0. The van der Waals surface area contributed by atoms with Gasteiger partial charge >= 0.3 is 0 Å². The van der Waals surface area contributed by atoms with Crippen LogP contribution in [-0.2, 0) is 0 Å². The highest BCUT2D eigenvalue weighted by Gasteiger charge is 2.14. The zero-order valence-corrected chi connectivity index (χ0v) is 19.5. The number of ether oxygens (including phenoxy) is 1. The number of anilines is 1. The summed E-state index contributed by atoms with van der Waals surface area (Å²) in [6, 6.07) is 21.0. The largest absolute Gasteiger partial charge is 0.493 e. The standard InChI is InChI=1S/C28H36N2O3/c31-30(32)27-20-21-28(26-19-13-12-18-25(26)27)33-23-15-8-6-4-2-1-3-5-7-14-22-29-24-16-10-9-11-17-24/h9-13,16-21,29H,1-8,14-15,22-23H2. The van der Waals surface area contributed by atoms with Gasteiger partial charge in [0, 0.05) is 23.7 Å². The van der Waals surface area contributed by atoms with Crippen LogP contribution < -0.4 is 10.1 Å². The molecule has 1 N–H and O–H groups in total. The zero-order valence-electron chi connectivity index (χ0n) is 19.5. The first-order valence-corrected chi connectivity index (χ1v) is 12.3. The van der Waals surface area contributed by atoms with Crippen LogP contribution in [-0.4, -0.2) is 18.1 Å². The maximum absolute atomic E-state index is 11.2. The lowest BCUT2D eigenvalue weighted by molar-refractivity contribution is -0.383. The van der Waals surface area contributed by atoms with Crippen molar-refractivity contribution in [1.29, 1.82) is 0 Å². The van der Waals surface area contributed by atoms with Crippen LogP contribution in [0.5, 0.6) is 5.75 Å². The molecule has 0 unspecified atom stereocenters. The molecule has 0 aliphatic rings. The number of para-hydroxylation sites is 1. The molecule has 0 bridgehead atoms. The van der Waals surface area contributed by atoms with Crippen molar-refractivity contribution in [2.75, 3.05) is 18.5 Å². The third-order valence-corrected chi connectivity index (χ3v) is 5.99. The Morgan fingerprint density at radius 3 is 1.91 bits per heavy atom. The summed E-state index contributed by atoms with van der Waals surface area (Å²) in [6.07, 6.45) is 12.5. The first-order valence-electron chi connectivity index (χ1n) is 12.3. The van der Waals surface area contributed by atoms with Gasteiger partial charge in [0.05, 0.1) is 16.9 Å². The number of unbranched alkanes of at least 4 members (excludes halogenated alkanes) is 9. The lowest BCUT2D eigenvalue weighted by Gasteiger charge is -2.10. The molecule has 5 nitrogen and oxygen atoms in total. The number of nitro benzene ring substituents is 1. The van der Waals surface area contributed by atoms with Crippen LogP contribution in [0.4, 0.5) is 11.4 Å². The Bertz CT molecular complexity index is 975. The number of nitrogens with zero attached hydrogens (tertiary/aromatic N) is 1. The van der Waals surface area contributed by atoms with Gasteiger partial charge in [0.25, 0.3) is 5.69 Å². The third kappa shape index (κ3) is 8.41. The molecular weight excluding hydrogens is 412 g/mol. The van der Waals surface area contributed by atoms with E-state index in [1.165, 1.54) is 63.1 Å². The molecule has 3 rings (SSSR count). The summed E-state index contributed by atoms with van der Waals surface area (Å²) < 4.78 is 5.95. The monoisotopic (exact) mass is 448 g/mol. The Balaban J connectivity index is 1.18. The molecular formula is C28H36N2O3. The maximum atomic E-state index is 11.2. The van der Waals surface area contributed by atoms with Crippen molar-refractivity contribution in [3.05, 3.63) is 76.8 Å². The number of fused-ring (bicyclic) bond motifs is 1. The summed E-state index contributed by atoms with van der Waals surface area (Å²) in [5.41, 5.74) is 1.34. The molecule has 0 atom stereocenters. The van der Waals surface area contributed by atoms with Crippen molar-refractivity contribution >= 4 is 22.1 Å². The van der Waals surface area contributed by atoms with Crippen molar-refractivity contribution in [3.8, 4) is 5.75 Å². The van der Waals surface area contributed by atoms with Crippen LogP contribution in [0.15, 0.2) is 66.7 Å². The normalized spacial score (nSPS) is 10.9. The van der Waals surface area contributed by atoms with Crippen molar-refractivity contribution in [2.24, 2.45) is 0 Å². The van der Waals surface area contributed by atoms with Gasteiger partial charge < -0.3 is 10.1 Å². The average Bonchev–Trinajstić information content (AvgIpc) is 2.84. The SMILES string of the molecule is O=[N+]([O-])c1ccc(OCCCCCCCCCCCCNc2ccccc2)c2ccccc12. The molecule has 0 radical (unpaired) electrons. The van der Waals surface area contributed by atoms with Gasteiger partial charge in [0.15, 0.2) is 0 Å². The zero-order chi connectivity index (χ0) is 23.1. The molecule has 0 heterocycles. The number of non-ortho nitro benzene ring substituents is 1. The van der Waals surface area contributed by atoms with E-state index in [4.69, 9.17) is 4.74 Å². The molecule has 5 heteroatoms. The molecule has 0 aliphatic carbocycles. The average molecular weight is 449 g/mol. The Morgan fingerprint density at radius 1 is 0.667 bits per heavy atom. The van der Waals surface area contributed by atoms with E-state index in [1.54, 1.807) is 12.1 Å². The minimum Gasteiger partial charge on any atom is -0.493 e. The minimum absolute atomic E-state index is 0.127. The van der Waals surface area contributed by atoms with Gasteiger partial charge in [0.2, 0.25) is 0 Å². The molecule has 0 saturated heterocycles. The summed E-state index contributed by atoms with van der Waals surface area (Å²) in [5.74, 6) is 0.732. The number of hydrogen-bond acceptors (Lipinski definition) is 4. The molecule has 0 spiro atoms. The minimum atomic E-state index is -0.338. The van der Waals surface area contributed by atoms with Gasteiger partial charge in [-0.1, -0.05) is 87.8 Å². The number of nitrogens with one attached hydrogen (secondary N) is 1. The smallest absolute Gasteiger partial charge is 0.277 e. The third-order valence-electron chi connectivity index (χ3n) is 5.99. The van der Waals surface area contributed by atoms with Gasteiger partial charge in [-0.05, 0) is 37.1 Å². The van der Waals surface area contributed by atoms with Crippen molar-refractivity contribution in [3.63, 3.8) is 0 Å². The molecule has 0 saturated carbocycles.